The van der Waals surface area contributed by atoms with Gasteiger partial charge < -0.3 is 15.4 Å². The van der Waals surface area contributed by atoms with E-state index in [4.69, 9.17) is 10.5 Å². The lowest BCUT2D eigenvalue weighted by Gasteiger charge is -2.45. The molecular formula is C14H26N2O2. The molecule has 2 aliphatic rings. The van der Waals surface area contributed by atoms with E-state index in [0.29, 0.717) is 13.2 Å². The molecule has 0 radical (unpaired) electrons. The molecular weight excluding hydrogens is 228 g/mol. The molecule has 0 unspecified atom stereocenters. The quantitative estimate of drug-likeness (QED) is 0.772. The maximum absolute atomic E-state index is 12.5. The average molecular weight is 254 g/mol. The average Bonchev–Trinajstić information content (AvgIpc) is 2.35. The van der Waals surface area contributed by atoms with Crippen LogP contribution in [-0.4, -0.2) is 42.1 Å². The van der Waals surface area contributed by atoms with Crippen molar-refractivity contribution in [2.24, 2.45) is 11.1 Å². The number of rotatable bonds is 1. The fourth-order valence-electron chi connectivity index (χ4n) is 2.92. The Bertz CT molecular complexity index is 309. The highest BCUT2D eigenvalue weighted by Gasteiger charge is 2.40. The van der Waals surface area contributed by atoms with E-state index < -0.39 is 6.04 Å². The molecule has 1 saturated heterocycles. The molecule has 0 aromatic carbocycles. The van der Waals surface area contributed by atoms with Gasteiger partial charge in [-0.15, -0.1) is 0 Å². The lowest BCUT2D eigenvalue weighted by Crippen LogP contribution is -2.60. The van der Waals surface area contributed by atoms with Gasteiger partial charge in [-0.3, -0.25) is 4.79 Å². The number of fused-ring (bicyclic) bond motifs is 1. The summed E-state index contributed by atoms with van der Waals surface area (Å²) in [5.41, 5.74) is 5.93. The summed E-state index contributed by atoms with van der Waals surface area (Å²) < 4.78 is 5.79. The molecule has 104 valence electrons. The van der Waals surface area contributed by atoms with Crippen LogP contribution in [0.25, 0.3) is 0 Å². The van der Waals surface area contributed by atoms with Crippen molar-refractivity contribution in [2.45, 2.75) is 64.6 Å². The van der Waals surface area contributed by atoms with E-state index in [9.17, 15) is 4.79 Å². The number of carbonyl (C=O) groups is 1. The van der Waals surface area contributed by atoms with Gasteiger partial charge in [0.1, 0.15) is 0 Å². The fraction of sp³-hybridized carbons (Fsp3) is 0.929. The van der Waals surface area contributed by atoms with E-state index in [2.05, 4.69) is 0 Å². The molecule has 0 bridgehead atoms. The Morgan fingerprint density at radius 2 is 2.00 bits per heavy atom. The van der Waals surface area contributed by atoms with Crippen LogP contribution in [0.1, 0.15) is 46.5 Å². The minimum atomic E-state index is -0.418. The number of nitrogens with two attached hydrogens (primary N) is 1. The Kier molecular flexibility index (Phi) is 3.97. The molecule has 4 heteroatoms. The maximum Gasteiger partial charge on any atom is 0.240 e. The molecule has 3 atom stereocenters. The summed E-state index contributed by atoms with van der Waals surface area (Å²) in [4.78, 5) is 14.5. The van der Waals surface area contributed by atoms with Crippen LogP contribution in [0.4, 0.5) is 0 Å². The van der Waals surface area contributed by atoms with E-state index in [1.807, 2.05) is 25.7 Å². The first-order valence-electron chi connectivity index (χ1n) is 7.09. The smallest absolute Gasteiger partial charge is 0.240 e. The van der Waals surface area contributed by atoms with E-state index in [0.717, 1.165) is 12.8 Å². The van der Waals surface area contributed by atoms with Crippen LogP contribution in [0.15, 0.2) is 0 Å². The normalized spacial score (nSPS) is 30.8. The standard InChI is InChI=1S/C14H26N2O2/c1-14(2,3)12(15)13(17)16-8-9-18-11-7-5-4-6-10(11)16/h10-12H,4-9,15H2,1-3H3/t10-,11+,12+/m0/s1. The molecule has 18 heavy (non-hydrogen) atoms. The second kappa shape index (κ2) is 5.17. The summed E-state index contributed by atoms with van der Waals surface area (Å²) in [6, 6.07) is -0.161. The molecule has 0 aromatic rings. The van der Waals surface area contributed by atoms with Gasteiger partial charge in [0, 0.05) is 6.54 Å². The van der Waals surface area contributed by atoms with Crippen LogP contribution >= 0.6 is 0 Å². The summed E-state index contributed by atoms with van der Waals surface area (Å²) in [5.74, 6) is 0.0997. The first-order valence-corrected chi connectivity index (χ1v) is 7.09. The van der Waals surface area contributed by atoms with Crippen LogP contribution in [0.2, 0.25) is 0 Å². The molecule has 2 rings (SSSR count). The van der Waals surface area contributed by atoms with Crippen LogP contribution in [0.3, 0.4) is 0 Å². The van der Waals surface area contributed by atoms with Gasteiger partial charge in [-0.05, 0) is 18.3 Å². The summed E-state index contributed by atoms with van der Waals surface area (Å²) in [5, 5.41) is 0. The van der Waals surface area contributed by atoms with Crippen molar-refractivity contribution in [1.82, 2.24) is 4.90 Å². The molecule has 0 spiro atoms. The van der Waals surface area contributed by atoms with Gasteiger partial charge >= 0.3 is 0 Å². The second-order valence-electron chi connectivity index (χ2n) is 6.64. The number of ether oxygens (including phenoxy) is 1. The monoisotopic (exact) mass is 254 g/mol. The minimum absolute atomic E-state index is 0.0997. The largest absolute Gasteiger partial charge is 0.374 e. The lowest BCUT2D eigenvalue weighted by molar-refractivity contribution is -0.153. The van der Waals surface area contributed by atoms with Gasteiger partial charge in [-0.2, -0.15) is 0 Å². The number of morpholine rings is 1. The molecule has 2 fully saturated rings. The van der Waals surface area contributed by atoms with Crippen molar-refractivity contribution in [1.29, 1.82) is 0 Å². The molecule has 1 aliphatic carbocycles. The van der Waals surface area contributed by atoms with Crippen molar-refractivity contribution in [2.75, 3.05) is 13.2 Å². The predicted octanol–water partition coefficient (Wildman–Crippen LogP) is 1.53. The highest BCUT2D eigenvalue weighted by atomic mass is 16.5. The highest BCUT2D eigenvalue weighted by Crippen LogP contribution is 2.30. The summed E-state index contributed by atoms with van der Waals surface area (Å²) in [7, 11) is 0. The Morgan fingerprint density at radius 3 is 2.67 bits per heavy atom. The number of nitrogens with zero attached hydrogens (tertiary/aromatic N) is 1. The molecule has 0 aromatic heterocycles. The SMILES string of the molecule is CC(C)(C)[C@H](N)C(=O)N1CCO[C@@H]2CCCC[C@@H]21. The third kappa shape index (κ3) is 2.69. The van der Waals surface area contributed by atoms with Gasteiger partial charge in [0.15, 0.2) is 0 Å². The Labute approximate surface area is 110 Å². The molecule has 1 saturated carbocycles. The predicted molar refractivity (Wildman–Crippen MR) is 71.1 cm³/mol. The van der Waals surface area contributed by atoms with Crippen molar-refractivity contribution in [3.8, 4) is 0 Å². The maximum atomic E-state index is 12.5. The van der Waals surface area contributed by atoms with E-state index in [-0.39, 0.29) is 23.5 Å². The van der Waals surface area contributed by atoms with Crippen LogP contribution in [-0.2, 0) is 9.53 Å². The highest BCUT2D eigenvalue weighted by molar-refractivity contribution is 5.83. The van der Waals surface area contributed by atoms with Crippen molar-refractivity contribution >= 4 is 5.91 Å². The zero-order chi connectivity index (χ0) is 13.3. The van der Waals surface area contributed by atoms with Gasteiger partial charge in [0.25, 0.3) is 0 Å². The van der Waals surface area contributed by atoms with Crippen LogP contribution in [0.5, 0.6) is 0 Å². The zero-order valence-corrected chi connectivity index (χ0v) is 11.8. The molecule has 4 nitrogen and oxygen atoms in total. The number of carbonyl (C=O) groups excluding carboxylic acids is 1. The molecule has 2 N–H and O–H groups in total. The van der Waals surface area contributed by atoms with Crippen LogP contribution in [0, 0.1) is 5.41 Å². The van der Waals surface area contributed by atoms with Crippen LogP contribution < -0.4 is 5.73 Å². The molecule has 1 heterocycles. The summed E-state index contributed by atoms with van der Waals surface area (Å²) >= 11 is 0. The zero-order valence-electron chi connectivity index (χ0n) is 11.8. The third-order valence-corrected chi connectivity index (χ3v) is 4.21. The Morgan fingerprint density at radius 1 is 1.33 bits per heavy atom. The number of hydrogen-bond donors (Lipinski definition) is 1. The topological polar surface area (TPSA) is 55.6 Å². The van der Waals surface area contributed by atoms with Crippen molar-refractivity contribution < 1.29 is 9.53 Å². The van der Waals surface area contributed by atoms with Gasteiger partial charge in [-0.1, -0.05) is 33.6 Å². The summed E-state index contributed by atoms with van der Waals surface area (Å²) in [6.07, 6.45) is 4.80. The van der Waals surface area contributed by atoms with Crippen molar-refractivity contribution in [3.05, 3.63) is 0 Å². The van der Waals surface area contributed by atoms with Crippen molar-refractivity contribution in [3.63, 3.8) is 0 Å². The second-order valence-corrected chi connectivity index (χ2v) is 6.64. The van der Waals surface area contributed by atoms with Gasteiger partial charge in [-0.25, -0.2) is 0 Å². The van der Waals surface area contributed by atoms with E-state index in [1.165, 1.54) is 12.8 Å². The first kappa shape index (κ1) is 13.8. The molecule has 1 amide bonds. The Balaban J connectivity index is 2.09. The number of hydrogen-bond acceptors (Lipinski definition) is 3. The minimum Gasteiger partial charge on any atom is -0.374 e. The van der Waals surface area contributed by atoms with Gasteiger partial charge in [0.2, 0.25) is 5.91 Å². The van der Waals surface area contributed by atoms with E-state index >= 15 is 0 Å². The van der Waals surface area contributed by atoms with E-state index in [1.54, 1.807) is 0 Å². The lowest BCUT2D eigenvalue weighted by atomic mass is 9.84. The Hall–Kier alpha value is -0.610. The first-order chi connectivity index (χ1) is 8.41. The molecule has 1 aliphatic heterocycles. The number of amides is 1. The third-order valence-electron chi connectivity index (χ3n) is 4.21. The summed E-state index contributed by atoms with van der Waals surface area (Å²) in [6.45, 7) is 7.42. The fourth-order valence-corrected chi connectivity index (χ4v) is 2.92. The van der Waals surface area contributed by atoms with Gasteiger partial charge in [0.05, 0.1) is 24.8 Å².